The van der Waals surface area contributed by atoms with Crippen molar-refractivity contribution in [2.24, 2.45) is 5.92 Å². The van der Waals surface area contributed by atoms with Gasteiger partial charge >= 0.3 is 0 Å². The Morgan fingerprint density at radius 3 is 2.83 bits per heavy atom. The van der Waals surface area contributed by atoms with E-state index in [0.717, 1.165) is 19.6 Å². The van der Waals surface area contributed by atoms with Crippen molar-refractivity contribution < 1.29 is 23.7 Å². The largest absolute Gasteiger partial charge is 0.493 e. The fraction of sp³-hybridized carbons (Fsp3) is 0.588. The fourth-order valence-corrected chi connectivity index (χ4v) is 2.97. The Morgan fingerprint density at radius 1 is 1.30 bits per heavy atom. The first-order chi connectivity index (χ1) is 11.2. The van der Waals surface area contributed by atoms with Gasteiger partial charge < -0.3 is 23.8 Å². The lowest BCUT2D eigenvalue weighted by molar-refractivity contribution is 0.0729. The molecular weight excluding hydrogens is 298 g/mol. The molecule has 23 heavy (non-hydrogen) atoms. The Morgan fingerprint density at radius 2 is 2.13 bits per heavy atom. The van der Waals surface area contributed by atoms with Crippen LogP contribution in [0.4, 0.5) is 0 Å². The third kappa shape index (κ3) is 3.37. The summed E-state index contributed by atoms with van der Waals surface area (Å²) in [4.78, 5) is 14.7. The summed E-state index contributed by atoms with van der Waals surface area (Å²) in [6, 6.07) is 3.47. The Bertz CT molecular complexity index is 551. The number of fused-ring (bicyclic) bond motifs is 1. The van der Waals surface area contributed by atoms with Crippen molar-refractivity contribution in [3.05, 3.63) is 17.7 Å². The maximum atomic E-state index is 12.9. The Hall–Kier alpha value is -1.95. The van der Waals surface area contributed by atoms with Crippen molar-refractivity contribution in [2.45, 2.75) is 13.3 Å². The molecule has 1 amide bonds. The average Bonchev–Trinajstić information content (AvgIpc) is 3.11. The minimum absolute atomic E-state index is 0.0188. The van der Waals surface area contributed by atoms with Crippen molar-refractivity contribution in [2.75, 3.05) is 46.6 Å². The van der Waals surface area contributed by atoms with Crippen LogP contribution < -0.4 is 14.2 Å². The molecule has 2 aliphatic heterocycles. The molecule has 1 atom stereocenters. The van der Waals surface area contributed by atoms with E-state index in [1.54, 1.807) is 19.2 Å². The number of hydrogen-bond donors (Lipinski definition) is 0. The summed E-state index contributed by atoms with van der Waals surface area (Å²) in [5.74, 6) is 2.07. The zero-order chi connectivity index (χ0) is 16.2. The molecule has 0 aromatic heterocycles. The van der Waals surface area contributed by atoms with Gasteiger partial charge in [-0.2, -0.15) is 0 Å². The number of ether oxygens (including phenoxy) is 4. The second-order valence-electron chi connectivity index (χ2n) is 5.78. The molecule has 0 spiro atoms. The van der Waals surface area contributed by atoms with Gasteiger partial charge in [0.25, 0.3) is 5.91 Å². The van der Waals surface area contributed by atoms with Crippen molar-refractivity contribution in [1.82, 2.24) is 4.90 Å². The number of carbonyl (C=O) groups is 1. The smallest absolute Gasteiger partial charge is 0.254 e. The zero-order valence-corrected chi connectivity index (χ0v) is 13.7. The van der Waals surface area contributed by atoms with E-state index >= 15 is 0 Å². The maximum Gasteiger partial charge on any atom is 0.254 e. The molecule has 0 unspecified atom stereocenters. The summed E-state index contributed by atoms with van der Waals surface area (Å²) >= 11 is 0. The molecule has 0 N–H and O–H groups in total. The molecule has 2 aliphatic rings. The predicted molar refractivity (Wildman–Crippen MR) is 84.5 cm³/mol. The summed E-state index contributed by atoms with van der Waals surface area (Å²) in [5.41, 5.74) is 0.562. The van der Waals surface area contributed by atoms with Gasteiger partial charge in [-0.1, -0.05) is 0 Å². The number of methoxy groups -OCH3 is 1. The van der Waals surface area contributed by atoms with E-state index < -0.39 is 0 Å². The van der Waals surface area contributed by atoms with Crippen LogP contribution >= 0.6 is 0 Å². The number of carbonyl (C=O) groups excluding carboxylic acids is 1. The summed E-state index contributed by atoms with van der Waals surface area (Å²) in [5, 5.41) is 0. The highest BCUT2D eigenvalue weighted by Gasteiger charge is 2.25. The molecule has 0 saturated carbocycles. The topological polar surface area (TPSA) is 57.2 Å². The lowest BCUT2D eigenvalue weighted by atomic mass is 10.1. The highest BCUT2D eigenvalue weighted by atomic mass is 16.6. The second-order valence-corrected chi connectivity index (χ2v) is 5.78. The first kappa shape index (κ1) is 15.9. The molecule has 2 heterocycles. The summed E-state index contributed by atoms with van der Waals surface area (Å²) in [6.07, 6.45) is 1.01. The van der Waals surface area contributed by atoms with E-state index in [4.69, 9.17) is 18.9 Å². The minimum Gasteiger partial charge on any atom is -0.493 e. The number of hydrogen-bond acceptors (Lipinski definition) is 5. The third-order valence-corrected chi connectivity index (χ3v) is 4.25. The van der Waals surface area contributed by atoms with Gasteiger partial charge in [0.05, 0.1) is 13.7 Å². The molecule has 126 valence electrons. The van der Waals surface area contributed by atoms with E-state index in [-0.39, 0.29) is 5.91 Å². The highest BCUT2D eigenvalue weighted by molar-refractivity contribution is 5.95. The highest BCUT2D eigenvalue weighted by Crippen LogP contribution is 2.40. The Balaban J connectivity index is 1.82. The van der Waals surface area contributed by atoms with Crippen LogP contribution in [0, 0.1) is 5.92 Å². The molecule has 1 aromatic rings. The molecular formula is C17H23NO5. The average molecular weight is 321 g/mol. The summed E-state index contributed by atoms with van der Waals surface area (Å²) in [7, 11) is 1.56. The second kappa shape index (κ2) is 7.08. The number of benzene rings is 1. The molecule has 6 heteroatoms. The van der Waals surface area contributed by atoms with E-state index in [0.29, 0.717) is 55.0 Å². The van der Waals surface area contributed by atoms with Gasteiger partial charge in [0.15, 0.2) is 11.5 Å². The summed E-state index contributed by atoms with van der Waals surface area (Å²) in [6.45, 7) is 5.84. The van der Waals surface area contributed by atoms with Gasteiger partial charge in [0.1, 0.15) is 13.2 Å². The summed E-state index contributed by atoms with van der Waals surface area (Å²) < 4.78 is 21.9. The van der Waals surface area contributed by atoms with Crippen LogP contribution in [-0.4, -0.2) is 57.4 Å². The Labute approximate surface area is 136 Å². The predicted octanol–water partition coefficient (Wildman–Crippen LogP) is 1.96. The van der Waals surface area contributed by atoms with Crippen LogP contribution in [0.2, 0.25) is 0 Å². The van der Waals surface area contributed by atoms with Gasteiger partial charge in [0.2, 0.25) is 5.75 Å². The molecule has 0 radical (unpaired) electrons. The molecule has 3 rings (SSSR count). The number of nitrogens with zero attached hydrogens (tertiary/aromatic N) is 1. The van der Waals surface area contributed by atoms with Crippen LogP contribution in [0.5, 0.6) is 17.2 Å². The van der Waals surface area contributed by atoms with E-state index in [1.165, 1.54) is 0 Å². The van der Waals surface area contributed by atoms with Gasteiger partial charge in [-0.25, -0.2) is 0 Å². The van der Waals surface area contributed by atoms with Crippen molar-refractivity contribution in [1.29, 1.82) is 0 Å². The maximum absolute atomic E-state index is 12.9. The minimum atomic E-state index is -0.0188. The van der Waals surface area contributed by atoms with Crippen molar-refractivity contribution >= 4 is 5.91 Å². The lowest BCUT2D eigenvalue weighted by Crippen LogP contribution is -2.35. The van der Waals surface area contributed by atoms with E-state index in [9.17, 15) is 4.79 Å². The van der Waals surface area contributed by atoms with Crippen LogP contribution in [0.1, 0.15) is 23.7 Å². The SMILES string of the molecule is CCN(C[C@H]1CCOC1)C(=O)c1cc(OC)c2c(c1)OCCO2. The molecule has 1 saturated heterocycles. The van der Waals surface area contributed by atoms with Gasteiger partial charge in [-0.15, -0.1) is 0 Å². The van der Waals surface area contributed by atoms with Crippen LogP contribution in [0.3, 0.4) is 0 Å². The van der Waals surface area contributed by atoms with Gasteiger partial charge in [-0.05, 0) is 25.5 Å². The van der Waals surface area contributed by atoms with Gasteiger partial charge in [-0.3, -0.25) is 4.79 Å². The third-order valence-electron chi connectivity index (χ3n) is 4.25. The normalized spacial score (nSPS) is 19.5. The monoisotopic (exact) mass is 321 g/mol. The first-order valence-corrected chi connectivity index (χ1v) is 8.07. The fourth-order valence-electron chi connectivity index (χ4n) is 2.97. The molecule has 6 nitrogen and oxygen atoms in total. The molecule has 1 fully saturated rings. The Kier molecular flexibility index (Phi) is 4.91. The molecule has 1 aromatic carbocycles. The van der Waals surface area contributed by atoms with E-state index in [1.807, 2.05) is 11.8 Å². The quantitative estimate of drug-likeness (QED) is 0.830. The number of amides is 1. The lowest BCUT2D eigenvalue weighted by Gasteiger charge is -2.25. The van der Waals surface area contributed by atoms with Crippen molar-refractivity contribution in [3.63, 3.8) is 0 Å². The standard InChI is InChI=1S/C17H23NO5/c1-3-18(10-12-4-5-21-11-12)17(19)13-8-14(20-2)16-15(9-13)22-6-7-23-16/h8-9,12H,3-7,10-11H2,1-2H3/t12-/m1/s1. The molecule has 0 aliphatic carbocycles. The first-order valence-electron chi connectivity index (χ1n) is 8.07. The van der Waals surface area contributed by atoms with Gasteiger partial charge in [0, 0.05) is 31.2 Å². The van der Waals surface area contributed by atoms with Crippen LogP contribution in [-0.2, 0) is 4.74 Å². The molecule has 0 bridgehead atoms. The van der Waals surface area contributed by atoms with Crippen molar-refractivity contribution in [3.8, 4) is 17.2 Å². The number of rotatable bonds is 5. The zero-order valence-electron chi connectivity index (χ0n) is 13.7. The van der Waals surface area contributed by atoms with E-state index in [2.05, 4.69) is 0 Å². The van der Waals surface area contributed by atoms with Crippen LogP contribution in [0.15, 0.2) is 12.1 Å². The van der Waals surface area contributed by atoms with Crippen LogP contribution in [0.25, 0.3) is 0 Å².